The van der Waals surface area contributed by atoms with Crippen molar-refractivity contribution in [3.05, 3.63) is 36.2 Å². The van der Waals surface area contributed by atoms with Crippen LogP contribution in [-0.4, -0.2) is 19.7 Å². The molecule has 2 aromatic heterocycles. The van der Waals surface area contributed by atoms with E-state index < -0.39 is 0 Å². The Morgan fingerprint density at radius 1 is 1.53 bits per heavy atom. The third kappa shape index (κ3) is 2.72. The lowest BCUT2D eigenvalue weighted by Gasteiger charge is -2.11. The van der Waals surface area contributed by atoms with Gasteiger partial charge < -0.3 is 4.98 Å². The van der Waals surface area contributed by atoms with Gasteiger partial charge in [-0.15, -0.1) is 0 Å². The molecule has 92 valence electrons. The number of nitrogens with two attached hydrogens (primary N) is 1. The Bertz CT molecular complexity index is 444. The van der Waals surface area contributed by atoms with Crippen molar-refractivity contribution in [2.24, 2.45) is 5.84 Å². The third-order valence-corrected chi connectivity index (χ3v) is 2.66. The van der Waals surface area contributed by atoms with Gasteiger partial charge in [-0.2, -0.15) is 5.10 Å². The van der Waals surface area contributed by atoms with Gasteiger partial charge in [0.05, 0.1) is 11.7 Å². The maximum Gasteiger partial charge on any atom is 0.124 e. The molecule has 0 aromatic carbocycles. The molecule has 2 aromatic rings. The molecule has 6 nitrogen and oxygen atoms in total. The fourth-order valence-corrected chi connectivity index (χ4v) is 1.69. The van der Waals surface area contributed by atoms with Gasteiger partial charge in [0.2, 0.25) is 0 Å². The Labute approximate surface area is 100 Å². The van der Waals surface area contributed by atoms with Crippen molar-refractivity contribution in [3.8, 4) is 0 Å². The van der Waals surface area contributed by atoms with Crippen LogP contribution in [0.4, 0.5) is 0 Å². The SMILES string of the molecule is CC(C)n1ccc(CC(NN)c2ncc[nH]2)n1. The Balaban J connectivity index is 2.08. The fourth-order valence-electron chi connectivity index (χ4n) is 1.69. The van der Waals surface area contributed by atoms with Gasteiger partial charge in [-0.3, -0.25) is 10.5 Å². The van der Waals surface area contributed by atoms with E-state index >= 15 is 0 Å². The predicted octanol–water partition coefficient (Wildman–Crippen LogP) is 0.934. The standard InChI is InChI=1S/C11H18N6/c1-8(2)17-6-3-9(16-17)7-10(15-12)11-13-4-5-14-11/h3-6,8,10,15H,7,12H2,1-2H3,(H,13,14). The zero-order valence-corrected chi connectivity index (χ0v) is 10.1. The van der Waals surface area contributed by atoms with Crippen LogP contribution in [0.3, 0.4) is 0 Å². The minimum atomic E-state index is -0.0412. The van der Waals surface area contributed by atoms with Crippen molar-refractivity contribution in [1.29, 1.82) is 0 Å². The van der Waals surface area contributed by atoms with Crippen LogP contribution in [0.5, 0.6) is 0 Å². The van der Waals surface area contributed by atoms with Crippen LogP contribution < -0.4 is 11.3 Å². The molecule has 2 heterocycles. The van der Waals surface area contributed by atoms with E-state index in [-0.39, 0.29) is 6.04 Å². The van der Waals surface area contributed by atoms with Gasteiger partial charge in [0.15, 0.2) is 0 Å². The smallest absolute Gasteiger partial charge is 0.124 e. The summed E-state index contributed by atoms with van der Waals surface area (Å²) in [5, 5.41) is 4.49. The first-order valence-corrected chi connectivity index (χ1v) is 5.70. The molecule has 17 heavy (non-hydrogen) atoms. The lowest BCUT2D eigenvalue weighted by atomic mass is 10.1. The molecule has 0 bridgehead atoms. The highest BCUT2D eigenvalue weighted by Gasteiger charge is 2.14. The molecule has 0 saturated heterocycles. The highest BCUT2D eigenvalue weighted by Crippen LogP contribution is 2.13. The molecule has 0 radical (unpaired) electrons. The van der Waals surface area contributed by atoms with E-state index in [1.165, 1.54) is 0 Å². The number of hydrazine groups is 1. The van der Waals surface area contributed by atoms with Gasteiger partial charge in [0.1, 0.15) is 5.82 Å². The molecule has 0 aliphatic heterocycles. The largest absolute Gasteiger partial charge is 0.347 e. The third-order valence-electron chi connectivity index (χ3n) is 2.66. The Morgan fingerprint density at radius 2 is 2.35 bits per heavy atom. The summed E-state index contributed by atoms with van der Waals surface area (Å²) in [6, 6.07) is 2.34. The van der Waals surface area contributed by atoms with Crippen LogP contribution in [-0.2, 0) is 6.42 Å². The van der Waals surface area contributed by atoms with Crippen molar-refractivity contribution in [2.45, 2.75) is 32.4 Å². The number of aromatic amines is 1. The van der Waals surface area contributed by atoms with Gasteiger partial charge in [0, 0.05) is 31.1 Å². The van der Waals surface area contributed by atoms with Gasteiger partial charge >= 0.3 is 0 Å². The first-order valence-electron chi connectivity index (χ1n) is 5.70. The second-order valence-electron chi connectivity index (χ2n) is 4.28. The van der Waals surface area contributed by atoms with E-state index in [4.69, 9.17) is 5.84 Å². The van der Waals surface area contributed by atoms with Crippen LogP contribution in [0, 0.1) is 0 Å². The van der Waals surface area contributed by atoms with Gasteiger partial charge in [-0.05, 0) is 19.9 Å². The number of nitrogens with zero attached hydrogens (tertiary/aromatic N) is 3. The number of rotatable bonds is 5. The first kappa shape index (κ1) is 11.8. The summed E-state index contributed by atoms with van der Waals surface area (Å²) in [6.07, 6.45) is 6.19. The second kappa shape index (κ2) is 5.11. The molecule has 4 N–H and O–H groups in total. The molecule has 1 atom stereocenters. The van der Waals surface area contributed by atoms with Gasteiger partial charge in [-0.1, -0.05) is 0 Å². The van der Waals surface area contributed by atoms with Gasteiger partial charge in [0.25, 0.3) is 0 Å². The van der Waals surface area contributed by atoms with E-state index in [0.29, 0.717) is 12.5 Å². The normalized spacial score (nSPS) is 13.2. The number of nitrogens with one attached hydrogen (secondary N) is 2. The highest BCUT2D eigenvalue weighted by atomic mass is 15.3. The molecule has 0 fully saturated rings. The average Bonchev–Trinajstić information content (AvgIpc) is 2.96. The molecule has 0 spiro atoms. The van der Waals surface area contributed by atoms with Crippen molar-refractivity contribution in [2.75, 3.05) is 0 Å². The molecule has 0 saturated carbocycles. The molecule has 0 aliphatic rings. The predicted molar refractivity (Wildman–Crippen MR) is 65.0 cm³/mol. The summed E-state index contributed by atoms with van der Waals surface area (Å²) in [6.45, 7) is 4.20. The minimum absolute atomic E-state index is 0.0412. The molecular weight excluding hydrogens is 216 g/mol. The van der Waals surface area contributed by atoms with Crippen LogP contribution in [0.25, 0.3) is 0 Å². The fraction of sp³-hybridized carbons (Fsp3) is 0.455. The molecule has 0 aliphatic carbocycles. The summed E-state index contributed by atoms with van der Waals surface area (Å²) in [5.41, 5.74) is 3.75. The molecular formula is C11H18N6. The Hall–Kier alpha value is -1.66. The number of hydrogen-bond acceptors (Lipinski definition) is 4. The Kier molecular flexibility index (Phi) is 3.55. The molecule has 0 amide bonds. The van der Waals surface area contributed by atoms with Crippen LogP contribution in [0.15, 0.2) is 24.7 Å². The van der Waals surface area contributed by atoms with Crippen molar-refractivity contribution < 1.29 is 0 Å². The number of hydrogen-bond donors (Lipinski definition) is 3. The van der Waals surface area contributed by atoms with Crippen molar-refractivity contribution in [3.63, 3.8) is 0 Å². The summed E-state index contributed by atoms with van der Waals surface area (Å²) >= 11 is 0. The van der Waals surface area contributed by atoms with Crippen LogP contribution in [0.2, 0.25) is 0 Å². The van der Waals surface area contributed by atoms with E-state index in [2.05, 4.69) is 34.3 Å². The van der Waals surface area contributed by atoms with Crippen molar-refractivity contribution >= 4 is 0 Å². The maximum atomic E-state index is 5.53. The lowest BCUT2D eigenvalue weighted by molar-refractivity contribution is 0.497. The van der Waals surface area contributed by atoms with Crippen LogP contribution in [0.1, 0.15) is 37.4 Å². The Morgan fingerprint density at radius 3 is 2.88 bits per heavy atom. The highest BCUT2D eigenvalue weighted by molar-refractivity contribution is 5.06. The first-order chi connectivity index (χ1) is 8.20. The summed E-state index contributed by atoms with van der Waals surface area (Å²) in [4.78, 5) is 7.24. The molecule has 1 unspecified atom stereocenters. The maximum absolute atomic E-state index is 5.53. The average molecular weight is 234 g/mol. The van der Waals surface area contributed by atoms with Crippen molar-refractivity contribution in [1.82, 2.24) is 25.2 Å². The molecule has 2 rings (SSSR count). The van der Waals surface area contributed by atoms with Gasteiger partial charge in [-0.25, -0.2) is 10.4 Å². The molecule has 6 heteroatoms. The van der Waals surface area contributed by atoms with E-state index in [9.17, 15) is 0 Å². The quantitative estimate of drug-likeness (QED) is 0.531. The summed E-state index contributed by atoms with van der Waals surface area (Å²) in [7, 11) is 0. The zero-order chi connectivity index (χ0) is 12.3. The topological polar surface area (TPSA) is 84.5 Å². The number of H-pyrrole nitrogens is 1. The number of imidazole rings is 1. The zero-order valence-electron chi connectivity index (χ0n) is 10.1. The van der Waals surface area contributed by atoms with Crippen LogP contribution >= 0.6 is 0 Å². The summed E-state index contributed by atoms with van der Waals surface area (Å²) < 4.78 is 1.94. The minimum Gasteiger partial charge on any atom is -0.347 e. The van der Waals surface area contributed by atoms with E-state index in [0.717, 1.165) is 11.5 Å². The number of aromatic nitrogens is 4. The second-order valence-corrected chi connectivity index (χ2v) is 4.28. The summed E-state index contributed by atoms with van der Waals surface area (Å²) in [5.74, 6) is 6.36. The lowest BCUT2D eigenvalue weighted by Crippen LogP contribution is -2.30. The van der Waals surface area contributed by atoms with E-state index in [1.54, 1.807) is 12.4 Å². The monoisotopic (exact) mass is 234 g/mol. The van der Waals surface area contributed by atoms with E-state index in [1.807, 2.05) is 16.9 Å².